The molecule has 1 aromatic rings. The molecule has 6 heteroatoms. The topological polar surface area (TPSA) is 86.5 Å². The lowest BCUT2D eigenvalue weighted by Gasteiger charge is -2.07. The molecule has 1 rings (SSSR count). The molecule has 1 amide bonds. The van der Waals surface area contributed by atoms with E-state index in [4.69, 9.17) is 15.2 Å². The van der Waals surface area contributed by atoms with Gasteiger partial charge in [0.1, 0.15) is 6.61 Å². The van der Waals surface area contributed by atoms with Gasteiger partial charge in [-0.1, -0.05) is 0 Å². The maximum absolute atomic E-state index is 10.4. The molecule has 0 bridgehead atoms. The number of methoxy groups -OCH3 is 1. The van der Waals surface area contributed by atoms with Crippen molar-refractivity contribution >= 4 is 11.6 Å². The van der Waals surface area contributed by atoms with E-state index in [1.54, 1.807) is 19.4 Å². The van der Waals surface area contributed by atoms with Crippen LogP contribution in [0, 0.1) is 0 Å². The van der Waals surface area contributed by atoms with E-state index < -0.39 is 5.91 Å². The summed E-state index contributed by atoms with van der Waals surface area (Å²) in [4.78, 5) is 14.3. The zero-order valence-corrected chi connectivity index (χ0v) is 9.10. The molecule has 3 N–H and O–H groups in total. The van der Waals surface area contributed by atoms with Crippen LogP contribution in [0.2, 0.25) is 0 Å². The molecule has 1 heterocycles. The van der Waals surface area contributed by atoms with Crippen LogP contribution in [0.5, 0.6) is 5.88 Å². The third-order valence-electron chi connectivity index (χ3n) is 1.76. The second-order valence-corrected chi connectivity index (χ2v) is 3.03. The number of ether oxygens (including phenoxy) is 2. The third-order valence-corrected chi connectivity index (χ3v) is 1.76. The van der Waals surface area contributed by atoms with Crippen LogP contribution in [0.4, 0.5) is 5.69 Å². The molecule has 0 atom stereocenters. The van der Waals surface area contributed by atoms with E-state index in [0.29, 0.717) is 19.0 Å². The minimum absolute atomic E-state index is 0.0542. The maximum atomic E-state index is 10.4. The third kappa shape index (κ3) is 4.61. The van der Waals surface area contributed by atoms with Crippen LogP contribution in [-0.2, 0) is 9.53 Å². The lowest BCUT2D eigenvalue weighted by atomic mass is 10.4. The Labute approximate surface area is 93.8 Å². The van der Waals surface area contributed by atoms with Crippen LogP contribution in [0.3, 0.4) is 0 Å². The van der Waals surface area contributed by atoms with E-state index in [9.17, 15) is 4.79 Å². The number of primary amides is 1. The summed E-state index contributed by atoms with van der Waals surface area (Å²) in [5, 5.41) is 3.10. The molecule has 6 nitrogen and oxygen atoms in total. The normalized spacial score (nSPS) is 9.81. The molecular formula is C10H15N3O3. The van der Waals surface area contributed by atoms with Crippen LogP contribution in [0.15, 0.2) is 18.3 Å². The summed E-state index contributed by atoms with van der Waals surface area (Å²) >= 11 is 0. The molecule has 0 aromatic carbocycles. The second-order valence-electron chi connectivity index (χ2n) is 3.03. The highest BCUT2D eigenvalue weighted by atomic mass is 16.5. The zero-order valence-electron chi connectivity index (χ0n) is 9.10. The van der Waals surface area contributed by atoms with Gasteiger partial charge < -0.3 is 20.5 Å². The summed E-state index contributed by atoms with van der Waals surface area (Å²) in [5.74, 6) is 0.0774. The van der Waals surface area contributed by atoms with Crippen LogP contribution in [0.25, 0.3) is 0 Å². The summed E-state index contributed by atoms with van der Waals surface area (Å²) < 4.78 is 9.96. The van der Waals surface area contributed by atoms with Crippen LogP contribution in [-0.4, -0.2) is 37.8 Å². The minimum Gasteiger partial charge on any atom is -0.481 e. The Hall–Kier alpha value is -1.82. The molecule has 16 heavy (non-hydrogen) atoms. The highest BCUT2D eigenvalue weighted by Gasteiger charge is 1.97. The van der Waals surface area contributed by atoms with E-state index in [1.165, 1.54) is 0 Å². The summed E-state index contributed by atoms with van der Waals surface area (Å²) in [5.41, 5.74) is 5.80. The van der Waals surface area contributed by atoms with Gasteiger partial charge in [0.2, 0.25) is 11.8 Å². The number of aromatic nitrogens is 1. The number of carbonyl (C=O) groups is 1. The standard InChI is InChI=1S/C10H15N3O3/c1-15-10-6-8(2-3-13-10)12-4-5-16-7-9(11)14/h2-3,6H,4-5,7H2,1H3,(H2,11,14)(H,12,13). The Morgan fingerprint density at radius 3 is 3.12 bits per heavy atom. The number of pyridine rings is 1. The summed E-state index contributed by atoms with van der Waals surface area (Å²) in [6.45, 7) is 0.940. The van der Waals surface area contributed by atoms with Crippen molar-refractivity contribution in [3.05, 3.63) is 18.3 Å². The van der Waals surface area contributed by atoms with Crippen molar-refractivity contribution in [2.45, 2.75) is 0 Å². The van der Waals surface area contributed by atoms with Gasteiger partial charge >= 0.3 is 0 Å². The quantitative estimate of drug-likeness (QED) is 0.638. The van der Waals surface area contributed by atoms with Crippen molar-refractivity contribution in [2.24, 2.45) is 5.73 Å². The molecule has 0 aliphatic carbocycles. The van der Waals surface area contributed by atoms with Crippen LogP contribution < -0.4 is 15.8 Å². The van der Waals surface area contributed by atoms with E-state index in [1.807, 2.05) is 6.07 Å². The number of anilines is 1. The smallest absolute Gasteiger partial charge is 0.243 e. The minimum atomic E-state index is -0.467. The number of amides is 1. The van der Waals surface area contributed by atoms with Gasteiger partial charge in [-0.2, -0.15) is 0 Å². The van der Waals surface area contributed by atoms with Gasteiger partial charge in [0.15, 0.2) is 0 Å². The molecule has 0 saturated heterocycles. The highest BCUT2D eigenvalue weighted by molar-refractivity contribution is 5.74. The highest BCUT2D eigenvalue weighted by Crippen LogP contribution is 2.12. The average Bonchev–Trinajstić information content (AvgIpc) is 2.28. The van der Waals surface area contributed by atoms with Gasteiger partial charge in [-0.15, -0.1) is 0 Å². The van der Waals surface area contributed by atoms with Gasteiger partial charge in [0, 0.05) is 24.5 Å². The fourth-order valence-corrected chi connectivity index (χ4v) is 1.07. The number of carbonyl (C=O) groups excluding carboxylic acids is 1. The number of hydrogen-bond donors (Lipinski definition) is 2. The molecular weight excluding hydrogens is 210 g/mol. The first kappa shape index (κ1) is 12.3. The molecule has 0 spiro atoms. The Kier molecular flexibility index (Phi) is 5.07. The second kappa shape index (κ2) is 6.62. The van der Waals surface area contributed by atoms with Crippen molar-refractivity contribution < 1.29 is 14.3 Å². The number of rotatable bonds is 7. The first-order chi connectivity index (χ1) is 7.72. The molecule has 0 saturated carbocycles. The molecule has 0 aliphatic rings. The van der Waals surface area contributed by atoms with Crippen LogP contribution >= 0.6 is 0 Å². The lowest BCUT2D eigenvalue weighted by Crippen LogP contribution is -2.20. The fraction of sp³-hybridized carbons (Fsp3) is 0.400. The molecule has 0 radical (unpaired) electrons. The maximum Gasteiger partial charge on any atom is 0.243 e. The van der Waals surface area contributed by atoms with Crippen molar-refractivity contribution in [1.29, 1.82) is 0 Å². The Morgan fingerprint density at radius 2 is 2.44 bits per heavy atom. The average molecular weight is 225 g/mol. The van der Waals surface area contributed by atoms with E-state index in [-0.39, 0.29) is 6.61 Å². The van der Waals surface area contributed by atoms with Crippen molar-refractivity contribution in [1.82, 2.24) is 4.98 Å². The Bertz CT molecular complexity index is 344. The van der Waals surface area contributed by atoms with Gasteiger partial charge in [0.05, 0.1) is 13.7 Å². The summed E-state index contributed by atoms with van der Waals surface area (Å²) in [6.07, 6.45) is 1.64. The fourth-order valence-electron chi connectivity index (χ4n) is 1.07. The van der Waals surface area contributed by atoms with Crippen LogP contribution in [0.1, 0.15) is 0 Å². The Balaban J connectivity index is 2.23. The number of nitrogens with zero attached hydrogens (tertiary/aromatic N) is 1. The zero-order chi connectivity index (χ0) is 11.8. The molecule has 0 fully saturated rings. The van der Waals surface area contributed by atoms with Gasteiger partial charge in [-0.25, -0.2) is 4.98 Å². The van der Waals surface area contributed by atoms with Crippen molar-refractivity contribution in [3.8, 4) is 5.88 Å². The van der Waals surface area contributed by atoms with Crippen molar-refractivity contribution in [3.63, 3.8) is 0 Å². The molecule has 88 valence electrons. The van der Waals surface area contributed by atoms with E-state index in [0.717, 1.165) is 5.69 Å². The predicted octanol–water partition coefficient (Wildman–Crippen LogP) is 0.00400. The predicted molar refractivity (Wildman–Crippen MR) is 59.3 cm³/mol. The lowest BCUT2D eigenvalue weighted by molar-refractivity contribution is -0.122. The summed E-state index contributed by atoms with van der Waals surface area (Å²) in [6, 6.07) is 3.59. The monoisotopic (exact) mass is 225 g/mol. The number of hydrogen-bond acceptors (Lipinski definition) is 5. The van der Waals surface area contributed by atoms with Gasteiger partial charge in [-0.3, -0.25) is 4.79 Å². The first-order valence-electron chi connectivity index (χ1n) is 4.82. The summed E-state index contributed by atoms with van der Waals surface area (Å²) in [7, 11) is 1.56. The Morgan fingerprint density at radius 1 is 1.62 bits per heavy atom. The molecule has 0 unspecified atom stereocenters. The first-order valence-corrected chi connectivity index (χ1v) is 4.82. The van der Waals surface area contributed by atoms with E-state index in [2.05, 4.69) is 10.3 Å². The largest absolute Gasteiger partial charge is 0.481 e. The number of nitrogens with two attached hydrogens (primary N) is 1. The van der Waals surface area contributed by atoms with Gasteiger partial charge in [-0.05, 0) is 6.07 Å². The SMILES string of the molecule is COc1cc(NCCOCC(N)=O)ccn1. The molecule has 0 aliphatic heterocycles. The van der Waals surface area contributed by atoms with Crippen molar-refractivity contribution in [2.75, 3.05) is 32.2 Å². The van der Waals surface area contributed by atoms with E-state index >= 15 is 0 Å². The number of nitrogens with one attached hydrogen (secondary N) is 1. The van der Waals surface area contributed by atoms with Gasteiger partial charge in [0.25, 0.3) is 0 Å². The molecule has 1 aromatic heterocycles.